The first kappa shape index (κ1) is 16.1. The maximum Gasteiger partial charge on any atom is 0.418 e. The van der Waals surface area contributed by atoms with Gasteiger partial charge in [-0.15, -0.1) is 0 Å². The van der Waals surface area contributed by atoms with Crippen molar-refractivity contribution in [2.45, 2.75) is 38.6 Å². The van der Waals surface area contributed by atoms with E-state index in [9.17, 15) is 13.2 Å². The number of nitrogens with two attached hydrogens (primary N) is 1. The van der Waals surface area contributed by atoms with Crippen molar-refractivity contribution >= 4 is 5.69 Å². The standard InChI is InChI=1S/C15H21F3N2O/c1-10-9-21-11(2)8-20(10)14-4-3-12(5-6-19)7-13(14)15(16,17)18/h3-4,7,10-11H,5-6,8-9,19H2,1-2H3. The SMILES string of the molecule is CC1CN(c2ccc(CCN)cc2C(F)(F)F)C(C)CO1. The molecule has 0 saturated carbocycles. The second-order valence-electron chi connectivity index (χ2n) is 5.53. The number of ether oxygens (including phenoxy) is 1. The van der Waals surface area contributed by atoms with E-state index in [1.54, 1.807) is 17.0 Å². The average molecular weight is 302 g/mol. The van der Waals surface area contributed by atoms with E-state index >= 15 is 0 Å². The summed E-state index contributed by atoms with van der Waals surface area (Å²) in [5.41, 5.74) is 5.69. The van der Waals surface area contributed by atoms with Crippen LogP contribution in [0.15, 0.2) is 18.2 Å². The van der Waals surface area contributed by atoms with Crippen molar-refractivity contribution in [3.05, 3.63) is 29.3 Å². The van der Waals surface area contributed by atoms with Gasteiger partial charge in [-0.2, -0.15) is 13.2 Å². The van der Waals surface area contributed by atoms with Gasteiger partial charge in [-0.25, -0.2) is 0 Å². The Morgan fingerprint density at radius 2 is 2.05 bits per heavy atom. The molecule has 6 heteroatoms. The van der Waals surface area contributed by atoms with Crippen LogP contribution in [0.3, 0.4) is 0 Å². The Bertz CT molecular complexity index is 490. The van der Waals surface area contributed by atoms with Crippen LogP contribution in [0, 0.1) is 0 Å². The fourth-order valence-electron chi connectivity index (χ4n) is 2.62. The first-order valence-corrected chi connectivity index (χ1v) is 7.11. The molecule has 1 aromatic rings. The Morgan fingerprint density at radius 1 is 1.33 bits per heavy atom. The Hall–Kier alpha value is -1.27. The minimum Gasteiger partial charge on any atom is -0.375 e. The lowest BCUT2D eigenvalue weighted by molar-refractivity contribution is -0.137. The molecule has 118 valence electrons. The second-order valence-corrected chi connectivity index (χ2v) is 5.53. The monoisotopic (exact) mass is 302 g/mol. The summed E-state index contributed by atoms with van der Waals surface area (Å²) in [6.07, 6.45) is -4.01. The van der Waals surface area contributed by atoms with Crippen LogP contribution in [-0.2, 0) is 17.3 Å². The molecule has 1 aromatic carbocycles. The maximum atomic E-state index is 13.4. The summed E-state index contributed by atoms with van der Waals surface area (Å²) in [4.78, 5) is 1.78. The molecular formula is C15H21F3N2O. The lowest BCUT2D eigenvalue weighted by atomic mass is 10.0. The van der Waals surface area contributed by atoms with Gasteiger partial charge in [-0.05, 0) is 44.5 Å². The van der Waals surface area contributed by atoms with Gasteiger partial charge in [0.05, 0.1) is 18.3 Å². The Morgan fingerprint density at radius 3 is 2.67 bits per heavy atom. The zero-order valence-electron chi connectivity index (χ0n) is 12.3. The van der Waals surface area contributed by atoms with E-state index in [1.807, 2.05) is 13.8 Å². The molecule has 1 heterocycles. The van der Waals surface area contributed by atoms with Crippen LogP contribution in [0.25, 0.3) is 0 Å². The fourth-order valence-corrected chi connectivity index (χ4v) is 2.62. The number of hydrogen-bond acceptors (Lipinski definition) is 3. The van der Waals surface area contributed by atoms with Crippen LogP contribution < -0.4 is 10.6 Å². The van der Waals surface area contributed by atoms with Gasteiger partial charge in [0.25, 0.3) is 0 Å². The van der Waals surface area contributed by atoms with Crippen molar-refractivity contribution < 1.29 is 17.9 Å². The highest BCUT2D eigenvalue weighted by Gasteiger charge is 2.37. The number of anilines is 1. The van der Waals surface area contributed by atoms with Crippen molar-refractivity contribution in [3.8, 4) is 0 Å². The average Bonchev–Trinajstić information content (AvgIpc) is 2.41. The number of halogens is 3. The maximum absolute atomic E-state index is 13.4. The van der Waals surface area contributed by atoms with E-state index in [0.717, 1.165) is 0 Å². The van der Waals surface area contributed by atoms with Crippen molar-refractivity contribution in [2.24, 2.45) is 5.73 Å². The summed E-state index contributed by atoms with van der Waals surface area (Å²) in [6, 6.07) is 4.42. The van der Waals surface area contributed by atoms with E-state index in [4.69, 9.17) is 10.5 Å². The lowest BCUT2D eigenvalue weighted by Crippen LogP contribution is -2.48. The van der Waals surface area contributed by atoms with Gasteiger partial charge in [0, 0.05) is 18.3 Å². The van der Waals surface area contributed by atoms with Crippen LogP contribution in [0.5, 0.6) is 0 Å². The number of rotatable bonds is 3. The Kier molecular flexibility index (Phi) is 4.78. The third kappa shape index (κ3) is 3.68. The van der Waals surface area contributed by atoms with Crippen LogP contribution >= 0.6 is 0 Å². The fraction of sp³-hybridized carbons (Fsp3) is 0.600. The Labute approximate surface area is 122 Å². The molecule has 0 aromatic heterocycles. The number of hydrogen-bond donors (Lipinski definition) is 1. The highest BCUT2D eigenvalue weighted by Crippen LogP contribution is 2.38. The van der Waals surface area contributed by atoms with Crippen molar-refractivity contribution in [1.82, 2.24) is 0 Å². The highest BCUT2D eigenvalue weighted by molar-refractivity contribution is 5.57. The first-order chi connectivity index (χ1) is 9.82. The number of morpholine rings is 1. The molecule has 0 bridgehead atoms. The van der Waals surface area contributed by atoms with Gasteiger partial charge in [-0.1, -0.05) is 6.07 Å². The third-order valence-corrected chi connectivity index (χ3v) is 3.72. The molecular weight excluding hydrogens is 281 g/mol. The quantitative estimate of drug-likeness (QED) is 0.933. The molecule has 0 radical (unpaired) electrons. The Balaban J connectivity index is 2.41. The topological polar surface area (TPSA) is 38.5 Å². The zero-order valence-corrected chi connectivity index (χ0v) is 12.3. The smallest absolute Gasteiger partial charge is 0.375 e. The molecule has 0 amide bonds. The largest absolute Gasteiger partial charge is 0.418 e. The summed E-state index contributed by atoms with van der Waals surface area (Å²) < 4.78 is 45.6. The number of nitrogens with zero attached hydrogens (tertiary/aromatic N) is 1. The second kappa shape index (κ2) is 6.23. The summed E-state index contributed by atoms with van der Waals surface area (Å²) in [5, 5.41) is 0. The van der Waals surface area contributed by atoms with E-state index in [1.165, 1.54) is 6.07 Å². The van der Waals surface area contributed by atoms with Crippen LogP contribution in [0.1, 0.15) is 25.0 Å². The van der Waals surface area contributed by atoms with Gasteiger partial charge in [0.1, 0.15) is 0 Å². The van der Waals surface area contributed by atoms with Gasteiger partial charge < -0.3 is 15.4 Å². The third-order valence-electron chi connectivity index (χ3n) is 3.72. The highest BCUT2D eigenvalue weighted by atomic mass is 19.4. The molecule has 1 aliphatic rings. The summed E-state index contributed by atoms with van der Waals surface area (Å²) >= 11 is 0. The van der Waals surface area contributed by atoms with E-state index in [2.05, 4.69) is 0 Å². The predicted octanol–water partition coefficient (Wildman–Crippen LogP) is 2.82. The molecule has 0 aliphatic carbocycles. The molecule has 1 saturated heterocycles. The number of alkyl halides is 3. The molecule has 1 aliphatic heterocycles. The lowest BCUT2D eigenvalue weighted by Gasteiger charge is -2.39. The van der Waals surface area contributed by atoms with Gasteiger partial charge in [0.2, 0.25) is 0 Å². The van der Waals surface area contributed by atoms with E-state index in [0.29, 0.717) is 31.7 Å². The van der Waals surface area contributed by atoms with E-state index in [-0.39, 0.29) is 17.8 Å². The molecule has 1 fully saturated rings. The molecule has 2 atom stereocenters. The number of benzene rings is 1. The zero-order chi connectivity index (χ0) is 15.6. The minimum absolute atomic E-state index is 0.0778. The summed E-state index contributed by atoms with van der Waals surface area (Å²) in [7, 11) is 0. The van der Waals surface area contributed by atoms with Gasteiger partial charge >= 0.3 is 6.18 Å². The van der Waals surface area contributed by atoms with Crippen molar-refractivity contribution in [3.63, 3.8) is 0 Å². The van der Waals surface area contributed by atoms with Crippen LogP contribution in [-0.4, -0.2) is 31.8 Å². The summed E-state index contributed by atoms with van der Waals surface area (Å²) in [5.74, 6) is 0. The van der Waals surface area contributed by atoms with Crippen molar-refractivity contribution in [2.75, 3.05) is 24.6 Å². The molecule has 0 spiro atoms. The molecule has 21 heavy (non-hydrogen) atoms. The first-order valence-electron chi connectivity index (χ1n) is 7.11. The molecule has 2 unspecified atom stereocenters. The van der Waals surface area contributed by atoms with Crippen LogP contribution in [0.4, 0.5) is 18.9 Å². The van der Waals surface area contributed by atoms with E-state index < -0.39 is 11.7 Å². The summed E-state index contributed by atoms with van der Waals surface area (Å²) in [6.45, 7) is 4.97. The van der Waals surface area contributed by atoms with Gasteiger partial charge in [-0.3, -0.25) is 0 Å². The predicted molar refractivity (Wildman–Crippen MR) is 76.4 cm³/mol. The van der Waals surface area contributed by atoms with Gasteiger partial charge in [0.15, 0.2) is 0 Å². The van der Waals surface area contributed by atoms with Crippen LogP contribution in [0.2, 0.25) is 0 Å². The molecule has 2 rings (SSSR count). The normalized spacial score (nSPS) is 23.4. The minimum atomic E-state index is -4.37. The molecule has 3 nitrogen and oxygen atoms in total. The molecule has 2 N–H and O–H groups in total. The van der Waals surface area contributed by atoms with Crippen molar-refractivity contribution in [1.29, 1.82) is 0 Å².